The molecule has 0 radical (unpaired) electrons. The van der Waals surface area contributed by atoms with Gasteiger partial charge in [0.2, 0.25) is 0 Å². The molecule has 0 amide bonds. The van der Waals surface area contributed by atoms with Gasteiger partial charge in [-0.2, -0.15) is 0 Å². The van der Waals surface area contributed by atoms with Crippen molar-refractivity contribution in [2.45, 2.75) is 27.2 Å². The van der Waals surface area contributed by atoms with E-state index in [-0.39, 0.29) is 0 Å². The molecule has 86 valence electrons. The fourth-order valence-corrected chi connectivity index (χ4v) is 1.54. The maximum Gasteiger partial charge on any atom is 0.152 e. The molecule has 0 saturated heterocycles. The first kappa shape index (κ1) is 14.0. The second-order valence-corrected chi connectivity index (χ2v) is 2.93. The number of rotatable bonds is 3. The summed E-state index contributed by atoms with van der Waals surface area (Å²) in [6.45, 7) is 6.05. The third-order valence-electron chi connectivity index (χ3n) is 1.92. The van der Waals surface area contributed by atoms with E-state index in [9.17, 15) is 0 Å². The molecule has 15 heavy (non-hydrogen) atoms. The van der Waals surface area contributed by atoms with Gasteiger partial charge in [-0.25, -0.2) is 4.98 Å². The Morgan fingerprint density at radius 3 is 2.47 bits per heavy atom. The van der Waals surface area contributed by atoms with Gasteiger partial charge in [0.25, 0.3) is 0 Å². The number of nitrogens with zero attached hydrogens (tertiary/aromatic N) is 1. The van der Waals surface area contributed by atoms with E-state index >= 15 is 0 Å². The van der Waals surface area contributed by atoms with Crippen LogP contribution in [0.3, 0.4) is 0 Å². The van der Waals surface area contributed by atoms with Crippen molar-refractivity contribution in [1.29, 1.82) is 0 Å². The Labute approximate surface area is 96.8 Å². The van der Waals surface area contributed by atoms with Crippen LogP contribution in [0.15, 0.2) is 6.20 Å². The third-order valence-corrected chi connectivity index (χ3v) is 2.21. The van der Waals surface area contributed by atoms with E-state index in [0.717, 1.165) is 23.4 Å². The Bertz CT molecular complexity index is 303. The van der Waals surface area contributed by atoms with Gasteiger partial charge in [0.05, 0.1) is 19.0 Å². The highest BCUT2D eigenvalue weighted by molar-refractivity contribution is 6.32. The van der Waals surface area contributed by atoms with Crippen molar-refractivity contribution in [1.82, 2.24) is 4.98 Å². The Morgan fingerprint density at radius 2 is 2.07 bits per heavy atom. The highest BCUT2D eigenvalue weighted by atomic mass is 35.5. The van der Waals surface area contributed by atoms with Gasteiger partial charge in [0.15, 0.2) is 5.15 Å². The Balaban J connectivity index is 0.000000921. The number of aromatic nitrogens is 1. The maximum atomic E-state index is 5.91. The molecule has 1 heterocycles. The number of anilines is 1. The van der Waals surface area contributed by atoms with Gasteiger partial charge in [-0.1, -0.05) is 32.4 Å². The van der Waals surface area contributed by atoms with E-state index in [0.29, 0.717) is 5.15 Å². The summed E-state index contributed by atoms with van der Waals surface area (Å²) < 4.78 is 5.17. The lowest BCUT2D eigenvalue weighted by atomic mass is 10.1. The summed E-state index contributed by atoms with van der Waals surface area (Å²) >= 11 is 5.91. The maximum absolute atomic E-state index is 5.91. The summed E-state index contributed by atoms with van der Waals surface area (Å²) in [7, 11) is 3.45. The molecule has 0 spiro atoms. The topological polar surface area (TPSA) is 34.1 Å². The SMILES string of the molecule is CC.CCc1c(OC)cnc(Cl)c1NC. The molecule has 1 rings (SSSR count). The first-order valence-corrected chi connectivity index (χ1v) is 5.51. The number of pyridine rings is 1. The molecule has 0 bridgehead atoms. The first-order chi connectivity index (χ1) is 7.24. The lowest BCUT2D eigenvalue weighted by molar-refractivity contribution is 0.408. The van der Waals surface area contributed by atoms with Gasteiger partial charge in [0.1, 0.15) is 5.75 Å². The molecule has 0 saturated carbocycles. The highest BCUT2D eigenvalue weighted by Crippen LogP contribution is 2.31. The zero-order chi connectivity index (χ0) is 11.8. The van der Waals surface area contributed by atoms with Crippen molar-refractivity contribution in [3.05, 3.63) is 16.9 Å². The summed E-state index contributed by atoms with van der Waals surface area (Å²) in [4.78, 5) is 4.01. The van der Waals surface area contributed by atoms with Crippen molar-refractivity contribution in [2.75, 3.05) is 19.5 Å². The van der Waals surface area contributed by atoms with Crippen molar-refractivity contribution in [2.24, 2.45) is 0 Å². The van der Waals surface area contributed by atoms with Gasteiger partial charge < -0.3 is 10.1 Å². The van der Waals surface area contributed by atoms with Gasteiger partial charge in [-0.05, 0) is 6.42 Å². The minimum atomic E-state index is 0.486. The normalized spacial score (nSPS) is 8.93. The van der Waals surface area contributed by atoms with E-state index in [1.807, 2.05) is 20.9 Å². The predicted molar refractivity (Wildman–Crippen MR) is 66.1 cm³/mol. The van der Waals surface area contributed by atoms with E-state index < -0.39 is 0 Å². The molecule has 0 aliphatic heterocycles. The Morgan fingerprint density at radius 1 is 1.47 bits per heavy atom. The molecule has 3 nitrogen and oxygen atoms in total. The molecular formula is C11H19ClN2O. The summed E-state index contributed by atoms with van der Waals surface area (Å²) in [5.74, 6) is 0.774. The molecule has 0 aliphatic carbocycles. The first-order valence-electron chi connectivity index (χ1n) is 5.13. The van der Waals surface area contributed by atoms with Crippen LogP contribution in [0.4, 0.5) is 5.69 Å². The summed E-state index contributed by atoms with van der Waals surface area (Å²) in [5.41, 5.74) is 1.91. The van der Waals surface area contributed by atoms with Gasteiger partial charge in [-0.15, -0.1) is 0 Å². The molecule has 0 unspecified atom stereocenters. The monoisotopic (exact) mass is 230 g/mol. The quantitative estimate of drug-likeness (QED) is 0.809. The predicted octanol–water partition coefficient (Wildman–Crippen LogP) is 3.37. The molecule has 0 atom stereocenters. The minimum Gasteiger partial charge on any atom is -0.495 e. The number of hydrogen-bond acceptors (Lipinski definition) is 3. The summed E-state index contributed by atoms with van der Waals surface area (Å²) in [6, 6.07) is 0. The van der Waals surface area contributed by atoms with E-state index in [1.54, 1.807) is 13.3 Å². The third kappa shape index (κ3) is 3.27. The molecule has 1 aromatic rings. The number of nitrogens with one attached hydrogen (secondary N) is 1. The number of ether oxygens (including phenoxy) is 1. The number of hydrogen-bond donors (Lipinski definition) is 1. The molecule has 1 N–H and O–H groups in total. The lowest BCUT2D eigenvalue weighted by Crippen LogP contribution is -2.00. The zero-order valence-corrected chi connectivity index (χ0v) is 10.8. The minimum absolute atomic E-state index is 0.486. The van der Waals surface area contributed by atoms with Crippen molar-refractivity contribution >= 4 is 17.3 Å². The molecule has 1 aromatic heterocycles. The van der Waals surface area contributed by atoms with Crippen molar-refractivity contribution in [3.8, 4) is 5.75 Å². The van der Waals surface area contributed by atoms with Crippen molar-refractivity contribution < 1.29 is 4.74 Å². The van der Waals surface area contributed by atoms with Gasteiger partial charge in [-0.3, -0.25) is 0 Å². The second-order valence-electron chi connectivity index (χ2n) is 2.57. The lowest BCUT2D eigenvalue weighted by Gasteiger charge is -2.12. The van der Waals surface area contributed by atoms with Crippen LogP contribution in [-0.4, -0.2) is 19.1 Å². The fraction of sp³-hybridized carbons (Fsp3) is 0.545. The molecule has 0 fully saturated rings. The zero-order valence-electron chi connectivity index (χ0n) is 10.0. The number of halogens is 1. The van der Waals surface area contributed by atoms with E-state index in [1.165, 1.54) is 0 Å². The average Bonchev–Trinajstić information content (AvgIpc) is 2.31. The molecule has 0 aliphatic rings. The number of methoxy groups -OCH3 is 1. The van der Waals surface area contributed by atoms with Crippen LogP contribution in [0.5, 0.6) is 5.75 Å². The van der Waals surface area contributed by atoms with Crippen LogP contribution in [0.1, 0.15) is 26.3 Å². The molecular weight excluding hydrogens is 212 g/mol. The average molecular weight is 231 g/mol. The van der Waals surface area contributed by atoms with Gasteiger partial charge >= 0.3 is 0 Å². The summed E-state index contributed by atoms with van der Waals surface area (Å²) in [6.07, 6.45) is 2.50. The van der Waals surface area contributed by atoms with Crippen LogP contribution in [0, 0.1) is 0 Å². The van der Waals surface area contributed by atoms with Crippen LogP contribution in [0.25, 0.3) is 0 Å². The van der Waals surface area contributed by atoms with E-state index in [4.69, 9.17) is 16.3 Å². The van der Waals surface area contributed by atoms with Crippen LogP contribution >= 0.6 is 11.6 Å². The second kappa shape index (κ2) is 7.35. The Hall–Kier alpha value is -0.960. The van der Waals surface area contributed by atoms with Crippen LogP contribution < -0.4 is 10.1 Å². The fourth-order valence-electron chi connectivity index (χ4n) is 1.29. The largest absolute Gasteiger partial charge is 0.495 e. The Kier molecular flexibility index (Phi) is 6.88. The van der Waals surface area contributed by atoms with Crippen LogP contribution in [0.2, 0.25) is 5.15 Å². The molecule has 4 heteroatoms. The van der Waals surface area contributed by atoms with Crippen molar-refractivity contribution in [3.63, 3.8) is 0 Å². The smallest absolute Gasteiger partial charge is 0.152 e. The van der Waals surface area contributed by atoms with Crippen LogP contribution in [-0.2, 0) is 6.42 Å². The standard InChI is InChI=1S/C9H13ClN2O.C2H6/c1-4-6-7(13-3)5-12-9(10)8(6)11-2;1-2/h5,11H,4H2,1-3H3;1-2H3. The summed E-state index contributed by atoms with van der Waals surface area (Å²) in [5, 5.41) is 3.50. The van der Waals surface area contributed by atoms with E-state index in [2.05, 4.69) is 17.2 Å². The highest BCUT2D eigenvalue weighted by Gasteiger charge is 2.10. The molecule has 0 aromatic carbocycles. The van der Waals surface area contributed by atoms with Gasteiger partial charge in [0, 0.05) is 12.6 Å².